The Bertz CT molecular complexity index is 1300. The summed E-state index contributed by atoms with van der Waals surface area (Å²) in [5, 5.41) is 1.84. The van der Waals surface area contributed by atoms with Crippen LogP contribution in [0.25, 0.3) is 10.8 Å². The highest BCUT2D eigenvalue weighted by Gasteiger charge is 2.62. The smallest absolute Gasteiger partial charge is 0.332 e. The third-order valence-corrected chi connectivity index (χ3v) is 7.08. The van der Waals surface area contributed by atoms with Crippen molar-refractivity contribution in [3.05, 3.63) is 72.3 Å². The van der Waals surface area contributed by atoms with Crippen molar-refractivity contribution < 1.29 is 19.1 Å². The predicted molar refractivity (Wildman–Crippen MR) is 123 cm³/mol. The van der Waals surface area contributed by atoms with Crippen molar-refractivity contribution in [3.63, 3.8) is 0 Å². The molecule has 0 N–H and O–H groups in total. The first kappa shape index (κ1) is 19.8. The van der Waals surface area contributed by atoms with Crippen molar-refractivity contribution >= 4 is 34.3 Å². The molecule has 166 valence electrons. The first-order valence-corrected chi connectivity index (χ1v) is 11.1. The number of nitrogens with zero attached hydrogens (tertiary/aromatic N) is 3. The molecule has 2 unspecified atom stereocenters. The molecule has 2 bridgehead atoms. The zero-order chi connectivity index (χ0) is 22.7. The van der Waals surface area contributed by atoms with Gasteiger partial charge < -0.3 is 14.5 Å². The number of benzene rings is 3. The normalized spacial score (nSPS) is 23.5. The number of piperazine rings is 1. The molecule has 7 heteroatoms. The maximum Gasteiger partial charge on any atom is 0.332 e. The topological polar surface area (TPSA) is 70.2 Å². The van der Waals surface area contributed by atoms with Gasteiger partial charge in [-0.05, 0) is 35.6 Å². The van der Waals surface area contributed by atoms with E-state index in [2.05, 4.69) is 0 Å². The van der Waals surface area contributed by atoms with E-state index < -0.39 is 6.04 Å². The van der Waals surface area contributed by atoms with Crippen LogP contribution in [0.2, 0.25) is 0 Å². The Hall–Kier alpha value is -3.87. The van der Waals surface area contributed by atoms with E-state index in [4.69, 9.17) is 4.74 Å². The van der Waals surface area contributed by atoms with E-state index in [-0.39, 0.29) is 36.3 Å². The van der Waals surface area contributed by atoms with Gasteiger partial charge in [-0.1, -0.05) is 48.5 Å². The highest BCUT2D eigenvalue weighted by molar-refractivity contribution is 6.25. The molecule has 4 amide bonds. The van der Waals surface area contributed by atoms with Crippen LogP contribution in [0.15, 0.2) is 66.7 Å². The van der Waals surface area contributed by atoms with Gasteiger partial charge in [-0.2, -0.15) is 0 Å². The lowest BCUT2D eigenvalue weighted by atomic mass is 10.1. The monoisotopic (exact) mass is 441 g/mol. The van der Waals surface area contributed by atoms with E-state index in [0.29, 0.717) is 24.4 Å². The van der Waals surface area contributed by atoms with Crippen molar-refractivity contribution in [1.29, 1.82) is 0 Å². The molecular weight excluding hydrogens is 418 g/mol. The summed E-state index contributed by atoms with van der Waals surface area (Å²) in [6.07, 6.45) is 0.887. The Morgan fingerprint density at radius 3 is 2.67 bits per heavy atom. The zero-order valence-electron chi connectivity index (χ0n) is 18.2. The number of rotatable bonds is 4. The van der Waals surface area contributed by atoms with Crippen LogP contribution in [0, 0.1) is 0 Å². The largest absolute Gasteiger partial charge is 0.497 e. The first-order chi connectivity index (χ1) is 16.1. The highest BCUT2D eigenvalue weighted by Crippen LogP contribution is 2.43. The third-order valence-electron chi connectivity index (χ3n) is 7.08. The molecule has 0 saturated carbocycles. The maximum absolute atomic E-state index is 13.6. The van der Waals surface area contributed by atoms with Crippen LogP contribution in [0.1, 0.15) is 12.0 Å². The number of imide groups is 1. The fourth-order valence-electron chi connectivity index (χ4n) is 5.63. The molecule has 3 aliphatic heterocycles. The zero-order valence-corrected chi connectivity index (χ0v) is 18.2. The number of anilines is 1. The molecular formula is C26H23N3O4. The van der Waals surface area contributed by atoms with Gasteiger partial charge in [0.2, 0.25) is 5.91 Å². The summed E-state index contributed by atoms with van der Waals surface area (Å²) >= 11 is 0. The lowest BCUT2D eigenvalue weighted by Gasteiger charge is -2.35. The number of likely N-dealkylation sites (tertiary alicyclic amines) is 1. The van der Waals surface area contributed by atoms with E-state index in [9.17, 15) is 14.4 Å². The van der Waals surface area contributed by atoms with Gasteiger partial charge in [0.05, 0.1) is 31.3 Å². The van der Waals surface area contributed by atoms with Gasteiger partial charge in [-0.15, -0.1) is 0 Å². The van der Waals surface area contributed by atoms with Crippen molar-refractivity contribution in [3.8, 4) is 5.75 Å². The van der Waals surface area contributed by atoms with E-state index >= 15 is 0 Å². The number of fused-ring (bicyclic) bond motifs is 6. The van der Waals surface area contributed by atoms with E-state index in [1.807, 2.05) is 66.7 Å². The van der Waals surface area contributed by atoms with Gasteiger partial charge in [-0.25, -0.2) is 9.69 Å². The third kappa shape index (κ3) is 2.92. The molecule has 7 nitrogen and oxygen atoms in total. The molecule has 3 aromatic carbocycles. The minimum absolute atomic E-state index is 0.0285. The number of urea groups is 1. The van der Waals surface area contributed by atoms with E-state index in [1.165, 1.54) is 4.90 Å². The molecule has 3 aromatic rings. The molecule has 3 aliphatic rings. The summed E-state index contributed by atoms with van der Waals surface area (Å²) < 4.78 is 5.26. The van der Waals surface area contributed by atoms with E-state index in [0.717, 1.165) is 16.3 Å². The quantitative estimate of drug-likeness (QED) is 0.583. The van der Waals surface area contributed by atoms with Crippen LogP contribution in [-0.4, -0.2) is 59.4 Å². The Morgan fingerprint density at radius 1 is 1.03 bits per heavy atom. The average molecular weight is 441 g/mol. The Balaban J connectivity index is 1.28. The number of ether oxygens (including phenoxy) is 1. The summed E-state index contributed by atoms with van der Waals surface area (Å²) in [5.74, 6) is 0.429. The number of hydrogen-bond donors (Lipinski definition) is 0. The van der Waals surface area contributed by atoms with Crippen molar-refractivity contribution in [1.82, 2.24) is 9.80 Å². The maximum atomic E-state index is 13.6. The second-order valence-electron chi connectivity index (χ2n) is 8.84. The minimum Gasteiger partial charge on any atom is -0.497 e. The molecule has 3 atom stereocenters. The number of carbonyl (C=O) groups is 3. The van der Waals surface area contributed by atoms with Crippen LogP contribution in [-0.2, 0) is 16.0 Å². The fraction of sp³-hybridized carbons (Fsp3) is 0.269. The van der Waals surface area contributed by atoms with Gasteiger partial charge in [0.25, 0.3) is 5.91 Å². The molecule has 33 heavy (non-hydrogen) atoms. The standard InChI is InChI=1S/C26H23N3O4/c1-33-19-9-4-6-16(12-19)13-23(30)27-15-18-14-22(27)24-25(31)29(26(32)28(18)24)21-11-5-8-17-7-2-3-10-20(17)21/h2-12,18,22,24H,13-15H2,1H3/t18-,22?,24?/m1/s1. The summed E-state index contributed by atoms with van der Waals surface area (Å²) in [6, 6.07) is 19.5. The molecule has 0 aromatic heterocycles. The molecule has 3 heterocycles. The molecule has 0 radical (unpaired) electrons. The molecule has 6 rings (SSSR count). The molecule has 3 fully saturated rings. The van der Waals surface area contributed by atoms with Crippen LogP contribution in [0.3, 0.4) is 0 Å². The second kappa shape index (κ2) is 7.33. The molecule has 0 spiro atoms. The molecule has 0 aliphatic carbocycles. The van der Waals surface area contributed by atoms with Gasteiger partial charge in [0.15, 0.2) is 0 Å². The molecule has 3 saturated heterocycles. The minimum atomic E-state index is -0.621. The number of methoxy groups -OCH3 is 1. The van der Waals surface area contributed by atoms with Crippen LogP contribution in [0.4, 0.5) is 10.5 Å². The van der Waals surface area contributed by atoms with Crippen LogP contribution < -0.4 is 9.64 Å². The Kier molecular flexibility index (Phi) is 4.40. The van der Waals surface area contributed by atoms with Gasteiger partial charge >= 0.3 is 6.03 Å². The van der Waals surface area contributed by atoms with Gasteiger partial charge in [0.1, 0.15) is 11.8 Å². The Morgan fingerprint density at radius 2 is 1.82 bits per heavy atom. The highest BCUT2D eigenvalue weighted by atomic mass is 16.5. The summed E-state index contributed by atoms with van der Waals surface area (Å²) in [7, 11) is 1.60. The fourth-order valence-corrected chi connectivity index (χ4v) is 5.63. The Labute approximate surface area is 191 Å². The number of hydrogen-bond acceptors (Lipinski definition) is 4. The van der Waals surface area contributed by atoms with E-state index in [1.54, 1.807) is 16.9 Å². The lowest BCUT2D eigenvalue weighted by Crippen LogP contribution is -2.55. The van der Waals surface area contributed by atoms with Crippen molar-refractivity contribution in [2.45, 2.75) is 31.0 Å². The first-order valence-electron chi connectivity index (χ1n) is 11.1. The summed E-state index contributed by atoms with van der Waals surface area (Å²) in [5.41, 5.74) is 1.47. The van der Waals surface area contributed by atoms with Gasteiger partial charge in [-0.3, -0.25) is 9.59 Å². The number of amides is 4. The lowest BCUT2D eigenvalue weighted by molar-refractivity contribution is -0.135. The van der Waals surface area contributed by atoms with Gasteiger partial charge in [0, 0.05) is 11.9 Å². The SMILES string of the molecule is COc1cccc(CC(=O)N2C[C@H]3CC2C2C(=O)N(c4cccc5ccccc45)C(=O)N23)c1. The van der Waals surface area contributed by atoms with Crippen LogP contribution >= 0.6 is 0 Å². The summed E-state index contributed by atoms with van der Waals surface area (Å²) in [4.78, 5) is 44.9. The predicted octanol–water partition coefficient (Wildman–Crippen LogP) is 3.21. The van der Waals surface area contributed by atoms with Crippen LogP contribution in [0.5, 0.6) is 5.75 Å². The number of carbonyl (C=O) groups excluding carboxylic acids is 3. The van der Waals surface area contributed by atoms with Crippen molar-refractivity contribution in [2.75, 3.05) is 18.6 Å². The average Bonchev–Trinajstić information content (AvgIpc) is 3.50. The second-order valence-corrected chi connectivity index (χ2v) is 8.84. The summed E-state index contributed by atoms with van der Waals surface area (Å²) in [6.45, 7) is 0.465. The van der Waals surface area contributed by atoms with Crippen molar-refractivity contribution in [2.24, 2.45) is 0 Å².